The lowest BCUT2D eigenvalue weighted by atomic mass is 9.91. The summed E-state index contributed by atoms with van der Waals surface area (Å²) in [5, 5.41) is 1.92. The Morgan fingerprint density at radius 3 is 2.00 bits per heavy atom. The molecule has 0 spiro atoms. The lowest BCUT2D eigenvalue weighted by Crippen LogP contribution is -1.90. The fourth-order valence-electron chi connectivity index (χ4n) is 3.13. The zero-order valence-corrected chi connectivity index (χ0v) is 12.8. The molecule has 2 heteroatoms. The fourth-order valence-corrected chi connectivity index (χ4v) is 3.13. The molecule has 0 aromatic heterocycles. The Morgan fingerprint density at radius 2 is 1.25 bits per heavy atom. The maximum Gasteiger partial charge on any atom is 0.131 e. The fraction of sp³-hybridized carbons (Fsp3) is 0. The third-order valence-corrected chi connectivity index (χ3v) is 4.21. The van der Waals surface area contributed by atoms with Crippen LogP contribution < -0.4 is 0 Å². The Hall–Kier alpha value is -3.00. The van der Waals surface area contributed by atoms with Gasteiger partial charge in [-0.05, 0) is 45.7 Å². The highest BCUT2D eigenvalue weighted by Gasteiger charge is 2.13. The lowest BCUT2D eigenvalue weighted by molar-refractivity contribution is 0.603. The van der Waals surface area contributed by atoms with E-state index in [9.17, 15) is 8.78 Å². The molecule has 0 fully saturated rings. The number of halogens is 2. The molecule has 0 radical (unpaired) electrons. The van der Waals surface area contributed by atoms with Crippen molar-refractivity contribution in [1.29, 1.82) is 0 Å². The standard InChI is InChI=1S/C22H14F2/c23-17-12-13-21(24)20(14-17)19-11-5-9-16-8-4-10-18(22(16)19)15-6-2-1-3-7-15/h1-14H. The van der Waals surface area contributed by atoms with E-state index in [1.165, 1.54) is 12.1 Å². The number of hydrogen-bond acceptors (Lipinski definition) is 0. The first-order valence-electron chi connectivity index (χ1n) is 7.76. The van der Waals surface area contributed by atoms with E-state index in [2.05, 4.69) is 0 Å². The molecule has 4 aromatic carbocycles. The summed E-state index contributed by atoms with van der Waals surface area (Å²) in [5.41, 5.74) is 3.03. The van der Waals surface area contributed by atoms with E-state index in [0.717, 1.165) is 28.0 Å². The highest BCUT2D eigenvalue weighted by atomic mass is 19.1. The van der Waals surface area contributed by atoms with Crippen LogP contribution in [0.3, 0.4) is 0 Å². The van der Waals surface area contributed by atoms with Crippen molar-refractivity contribution >= 4 is 10.8 Å². The number of benzene rings is 4. The second-order valence-electron chi connectivity index (χ2n) is 5.70. The highest BCUT2D eigenvalue weighted by molar-refractivity contribution is 6.06. The van der Waals surface area contributed by atoms with Crippen LogP contribution in [0.4, 0.5) is 8.78 Å². The van der Waals surface area contributed by atoms with Crippen molar-refractivity contribution in [2.75, 3.05) is 0 Å². The van der Waals surface area contributed by atoms with Crippen LogP contribution in [0.2, 0.25) is 0 Å². The van der Waals surface area contributed by atoms with Crippen LogP contribution in [0.15, 0.2) is 84.9 Å². The van der Waals surface area contributed by atoms with Crippen molar-refractivity contribution < 1.29 is 8.78 Å². The molecule has 0 heterocycles. The van der Waals surface area contributed by atoms with E-state index >= 15 is 0 Å². The lowest BCUT2D eigenvalue weighted by Gasteiger charge is -2.13. The van der Waals surface area contributed by atoms with Gasteiger partial charge in [0.25, 0.3) is 0 Å². The third-order valence-electron chi connectivity index (χ3n) is 4.21. The zero-order chi connectivity index (χ0) is 16.5. The summed E-state index contributed by atoms with van der Waals surface area (Å²) in [6.45, 7) is 0. The Balaban J connectivity index is 2.09. The molecule has 4 aromatic rings. The largest absolute Gasteiger partial charge is 0.207 e. The predicted octanol–water partition coefficient (Wildman–Crippen LogP) is 6.45. The van der Waals surface area contributed by atoms with Crippen LogP contribution in [0.25, 0.3) is 33.0 Å². The van der Waals surface area contributed by atoms with Gasteiger partial charge in [-0.25, -0.2) is 8.78 Å². The van der Waals surface area contributed by atoms with Crippen molar-refractivity contribution in [2.45, 2.75) is 0 Å². The van der Waals surface area contributed by atoms with Gasteiger partial charge in [0.05, 0.1) is 0 Å². The molecule has 0 bridgehead atoms. The third kappa shape index (κ3) is 2.46. The second kappa shape index (κ2) is 5.89. The second-order valence-corrected chi connectivity index (χ2v) is 5.70. The van der Waals surface area contributed by atoms with Gasteiger partial charge in [-0.15, -0.1) is 0 Å². The minimum Gasteiger partial charge on any atom is -0.207 e. The van der Waals surface area contributed by atoms with E-state index in [1.807, 2.05) is 66.7 Å². The molecule has 24 heavy (non-hydrogen) atoms. The van der Waals surface area contributed by atoms with Gasteiger partial charge in [0.2, 0.25) is 0 Å². The molecule has 0 unspecified atom stereocenters. The first-order valence-corrected chi connectivity index (χ1v) is 7.76. The predicted molar refractivity (Wildman–Crippen MR) is 94.7 cm³/mol. The summed E-state index contributed by atoms with van der Waals surface area (Å²) in [4.78, 5) is 0. The van der Waals surface area contributed by atoms with Crippen molar-refractivity contribution in [2.24, 2.45) is 0 Å². The van der Waals surface area contributed by atoms with Crippen molar-refractivity contribution in [1.82, 2.24) is 0 Å². The molecular weight excluding hydrogens is 302 g/mol. The Bertz CT molecular complexity index is 1020. The van der Waals surface area contributed by atoms with Gasteiger partial charge < -0.3 is 0 Å². The first kappa shape index (κ1) is 14.6. The summed E-state index contributed by atoms with van der Waals surface area (Å²) in [6, 6.07) is 25.2. The summed E-state index contributed by atoms with van der Waals surface area (Å²) < 4.78 is 28.0. The normalized spacial score (nSPS) is 10.9. The zero-order valence-electron chi connectivity index (χ0n) is 12.8. The van der Waals surface area contributed by atoms with Crippen LogP contribution in [-0.2, 0) is 0 Å². The number of fused-ring (bicyclic) bond motifs is 1. The molecule has 0 saturated carbocycles. The minimum absolute atomic E-state index is 0.281. The molecule has 0 aliphatic carbocycles. The van der Waals surface area contributed by atoms with Gasteiger partial charge in [-0.3, -0.25) is 0 Å². The molecule has 0 atom stereocenters. The molecule has 4 rings (SSSR count). The molecule has 116 valence electrons. The highest BCUT2D eigenvalue weighted by Crippen LogP contribution is 2.37. The smallest absolute Gasteiger partial charge is 0.131 e. The Morgan fingerprint density at radius 1 is 0.542 bits per heavy atom. The van der Waals surface area contributed by atoms with Crippen LogP contribution in [0.1, 0.15) is 0 Å². The van der Waals surface area contributed by atoms with E-state index in [4.69, 9.17) is 0 Å². The first-order chi connectivity index (χ1) is 11.7. The van der Waals surface area contributed by atoms with E-state index in [0.29, 0.717) is 5.56 Å². The van der Waals surface area contributed by atoms with E-state index in [1.54, 1.807) is 0 Å². The van der Waals surface area contributed by atoms with Gasteiger partial charge in [0, 0.05) is 5.56 Å². The van der Waals surface area contributed by atoms with Gasteiger partial charge >= 0.3 is 0 Å². The SMILES string of the molecule is Fc1ccc(F)c(-c2cccc3cccc(-c4ccccc4)c23)c1. The molecule has 0 saturated heterocycles. The van der Waals surface area contributed by atoms with Gasteiger partial charge in [-0.1, -0.05) is 66.7 Å². The van der Waals surface area contributed by atoms with Crippen molar-refractivity contribution in [3.63, 3.8) is 0 Å². The average Bonchev–Trinajstić information content (AvgIpc) is 2.63. The maximum absolute atomic E-state index is 14.4. The average molecular weight is 316 g/mol. The minimum atomic E-state index is -0.444. The van der Waals surface area contributed by atoms with Gasteiger partial charge in [0.15, 0.2) is 0 Å². The topological polar surface area (TPSA) is 0 Å². The molecule has 0 aliphatic rings. The Kier molecular flexibility index (Phi) is 3.58. The molecule has 0 N–H and O–H groups in total. The molecule has 0 aliphatic heterocycles. The number of rotatable bonds is 2. The van der Waals surface area contributed by atoms with Crippen LogP contribution >= 0.6 is 0 Å². The van der Waals surface area contributed by atoms with Crippen LogP contribution in [0.5, 0.6) is 0 Å². The van der Waals surface area contributed by atoms with Crippen molar-refractivity contribution in [3.8, 4) is 22.3 Å². The summed E-state index contributed by atoms with van der Waals surface area (Å²) in [7, 11) is 0. The molecule has 0 amide bonds. The summed E-state index contributed by atoms with van der Waals surface area (Å²) in [5.74, 6) is -0.868. The molecular formula is C22H14F2. The van der Waals surface area contributed by atoms with Crippen LogP contribution in [0, 0.1) is 11.6 Å². The van der Waals surface area contributed by atoms with E-state index in [-0.39, 0.29) is 5.56 Å². The maximum atomic E-state index is 14.4. The summed E-state index contributed by atoms with van der Waals surface area (Å²) in [6.07, 6.45) is 0. The van der Waals surface area contributed by atoms with Gasteiger partial charge in [-0.2, -0.15) is 0 Å². The van der Waals surface area contributed by atoms with Gasteiger partial charge in [0.1, 0.15) is 11.6 Å². The molecule has 0 nitrogen and oxygen atoms in total. The van der Waals surface area contributed by atoms with E-state index < -0.39 is 11.6 Å². The van der Waals surface area contributed by atoms with Crippen molar-refractivity contribution in [3.05, 3.63) is 96.6 Å². The number of hydrogen-bond donors (Lipinski definition) is 0. The summed E-state index contributed by atoms with van der Waals surface area (Å²) >= 11 is 0. The monoisotopic (exact) mass is 316 g/mol. The Labute approximate surface area is 139 Å². The quantitative estimate of drug-likeness (QED) is 0.398. The van der Waals surface area contributed by atoms with Crippen LogP contribution in [-0.4, -0.2) is 0 Å².